The van der Waals surface area contributed by atoms with Crippen LogP contribution in [0.25, 0.3) is 11.3 Å². The lowest BCUT2D eigenvalue weighted by molar-refractivity contribution is 0.100. The van der Waals surface area contributed by atoms with Crippen molar-refractivity contribution in [3.05, 3.63) is 68.4 Å². The van der Waals surface area contributed by atoms with E-state index < -0.39 is 0 Å². The predicted molar refractivity (Wildman–Crippen MR) is 101 cm³/mol. The van der Waals surface area contributed by atoms with E-state index in [0.717, 1.165) is 5.56 Å². The van der Waals surface area contributed by atoms with Gasteiger partial charge in [-0.1, -0.05) is 6.92 Å². The average Bonchev–Trinajstić information content (AvgIpc) is 3.18. The minimum absolute atomic E-state index is 0.204. The van der Waals surface area contributed by atoms with Crippen LogP contribution in [-0.4, -0.2) is 15.4 Å². The molecule has 3 aromatic rings. The molecule has 0 fully saturated rings. The molecule has 6 nitrogen and oxygen atoms in total. The number of hydrogen-bond donors (Lipinski definition) is 1. The molecule has 1 N–H and O–H groups in total. The van der Waals surface area contributed by atoms with Gasteiger partial charge in [-0.05, 0) is 42.1 Å². The summed E-state index contributed by atoms with van der Waals surface area (Å²) in [5, 5.41) is 12.7. The van der Waals surface area contributed by atoms with Crippen molar-refractivity contribution < 1.29 is 4.79 Å². The molecule has 2 heterocycles. The molecule has 1 aromatic carbocycles. The average molecular weight is 364 g/mol. The van der Waals surface area contributed by atoms with Gasteiger partial charge in [-0.2, -0.15) is 16.6 Å². The van der Waals surface area contributed by atoms with Crippen LogP contribution in [0.15, 0.2) is 45.9 Å². The van der Waals surface area contributed by atoms with Gasteiger partial charge in [0.05, 0.1) is 17.3 Å². The second-order valence-corrected chi connectivity index (χ2v) is 6.40. The summed E-state index contributed by atoms with van der Waals surface area (Å²) in [6.45, 7) is 3.26. The van der Waals surface area contributed by atoms with Crippen LogP contribution in [0.5, 0.6) is 0 Å². The molecule has 0 amide bonds. The first kappa shape index (κ1) is 17.6. The lowest BCUT2D eigenvalue weighted by atomic mass is 10.1. The van der Waals surface area contributed by atoms with Crippen molar-refractivity contribution in [2.75, 3.05) is 5.43 Å². The van der Waals surface area contributed by atoms with Crippen LogP contribution in [-0.2, 0) is 6.42 Å². The highest BCUT2D eigenvalue weighted by atomic mass is 32.1. The van der Waals surface area contributed by atoms with Gasteiger partial charge in [0.1, 0.15) is 17.1 Å². The number of nitrogens with one attached hydrogen (secondary N) is 1. The summed E-state index contributed by atoms with van der Waals surface area (Å²) in [7, 11) is 0. The zero-order valence-corrected chi connectivity index (χ0v) is 15.1. The number of aromatic nitrogens is 2. The Morgan fingerprint density at radius 1 is 1.31 bits per heavy atom. The van der Waals surface area contributed by atoms with Crippen LogP contribution in [0.3, 0.4) is 0 Å². The molecule has 0 unspecified atom stereocenters. The third-order valence-corrected chi connectivity index (χ3v) is 4.55. The second-order valence-electron chi connectivity index (χ2n) is 5.62. The zero-order chi connectivity index (χ0) is 18.7. The molecule has 0 radical (unpaired) electrons. The first-order valence-electron chi connectivity index (χ1n) is 8.01. The Labute approximate surface area is 154 Å². The fourth-order valence-corrected chi connectivity index (χ4v) is 3.22. The maximum absolute atomic E-state index is 12.8. The molecule has 0 atom stereocenters. The Balaban J connectivity index is 2.21. The van der Waals surface area contributed by atoms with Crippen molar-refractivity contribution in [2.24, 2.45) is 0 Å². The third kappa shape index (κ3) is 3.27. The van der Waals surface area contributed by atoms with Gasteiger partial charge in [0.25, 0.3) is 5.56 Å². The van der Waals surface area contributed by atoms with Crippen molar-refractivity contribution in [2.45, 2.75) is 20.3 Å². The quantitative estimate of drug-likeness (QED) is 0.700. The molecule has 7 heteroatoms. The van der Waals surface area contributed by atoms with E-state index in [2.05, 4.69) is 10.4 Å². The number of Topliss-reactive ketones (excluding diaryl/α,β-unsaturated/α-hetero) is 1. The normalized spacial score (nSPS) is 10.3. The monoisotopic (exact) mass is 364 g/mol. The largest absolute Gasteiger partial charge is 0.293 e. The van der Waals surface area contributed by atoms with Gasteiger partial charge in [-0.3, -0.25) is 15.0 Å². The molecule has 0 aliphatic carbocycles. The second kappa shape index (κ2) is 7.33. The van der Waals surface area contributed by atoms with Crippen molar-refractivity contribution in [1.29, 1.82) is 5.26 Å². The molecule has 0 saturated carbocycles. The van der Waals surface area contributed by atoms with E-state index in [1.807, 2.05) is 29.8 Å². The number of carbonyl (C=O) groups is 1. The highest BCUT2D eigenvalue weighted by Crippen LogP contribution is 2.24. The van der Waals surface area contributed by atoms with Gasteiger partial charge in [0, 0.05) is 17.9 Å². The Kier molecular flexibility index (Phi) is 4.96. The number of thiophene rings is 1. The Bertz CT molecular complexity index is 1040. The Morgan fingerprint density at radius 2 is 2.04 bits per heavy atom. The summed E-state index contributed by atoms with van der Waals surface area (Å²) < 4.78 is 1.25. The number of aryl methyl sites for hydroxylation is 1. The number of rotatable bonds is 5. The summed E-state index contributed by atoms with van der Waals surface area (Å²) in [5.41, 5.74) is 5.59. The minimum Gasteiger partial charge on any atom is -0.293 e. The summed E-state index contributed by atoms with van der Waals surface area (Å²) in [5.74, 6) is -0.264. The van der Waals surface area contributed by atoms with Gasteiger partial charge in [0.15, 0.2) is 5.78 Å². The van der Waals surface area contributed by atoms with Gasteiger partial charge in [-0.15, -0.1) is 0 Å². The first-order chi connectivity index (χ1) is 12.5. The topological polar surface area (TPSA) is 87.8 Å². The molecule has 26 heavy (non-hydrogen) atoms. The number of ketones is 1. The molecule has 0 aliphatic heterocycles. The van der Waals surface area contributed by atoms with Crippen LogP contribution in [0.4, 0.5) is 5.69 Å². The van der Waals surface area contributed by atoms with E-state index in [9.17, 15) is 9.59 Å². The SMILES string of the molecule is CCc1nc(-c2ccsc2)c(C(C)=O)n(Nc2ccc(C#N)cc2)c1=O. The smallest absolute Gasteiger partial charge is 0.291 e. The van der Waals surface area contributed by atoms with E-state index in [1.165, 1.54) is 22.9 Å². The number of carbonyl (C=O) groups excluding carboxylic acids is 1. The molecule has 130 valence electrons. The maximum Gasteiger partial charge on any atom is 0.291 e. The van der Waals surface area contributed by atoms with Gasteiger partial charge < -0.3 is 0 Å². The van der Waals surface area contributed by atoms with Gasteiger partial charge in [-0.25, -0.2) is 9.66 Å². The van der Waals surface area contributed by atoms with Gasteiger partial charge >= 0.3 is 0 Å². The van der Waals surface area contributed by atoms with E-state index >= 15 is 0 Å². The molecular formula is C19H16N4O2S. The summed E-state index contributed by atoms with van der Waals surface area (Å²) in [4.78, 5) is 29.6. The van der Waals surface area contributed by atoms with Crippen molar-refractivity contribution in [3.8, 4) is 17.3 Å². The van der Waals surface area contributed by atoms with Crippen LogP contribution in [0, 0.1) is 11.3 Å². The number of hydrogen-bond acceptors (Lipinski definition) is 6. The highest BCUT2D eigenvalue weighted by molar-refractivity contribution is 7.08. The summed E-state index contributed by atoms with van der Waals surface area (Å²) >= 11 is 1.50. The van der Waals surface area contributed by atoms with Crippen LogP contribution in [0.1, 0.15) is 35.6 Å². The van der Waals surface area contributed by atoms with Crippen LogP contribution in [0.2, 0.25) is 0 Å². The molecule has 0 bridgehead atoms. The van der Waals surface area contributed by atoms with E-state index in [0.29, 0.717) is 29.1 Å². The molecule has 2 aromatic heterocycles. The van der Waals surface area contributed by atoms with Crippen molar-refractivity contribution >= 4 is 22.8 Å². The zero-order valence-electron chi connectivity index (χ0n) is 14.3. The predicted octanol–water partition coefficient (Wildman–Crippen LogP) is 3.48. The van der Waals surface area contributed by atoms with Crippen molar-refractivity contribution in [1.82, 2.24) is 9.66 Å². The van der Waals surface area contributed by atoms with Crippen LogP contribution >= 0.6 is 11.3 Å². The van der Waals surface area contributed by atoms with E-state index in [1.54, 1.807) is 24.3 Å². The number of nitrogens with zero attached hydrogens (tertiary/aromatic N) is 3. The fourth-order valence-electron chi connectivity index (χ4n) is 2.58. The molecule has 0 spiro atoms. The van der Waals surface area contributed by atoms with Crippen molar-refractivity contribution in [3.63, 3.8) is 0 Å². The number of nitriles is 1. The maximum atomic E-state index is 12.8. The van der Waals surface area contributed by atoms with E-state index in [-0.39, 0.29) is 17.0 Å². The first-order valence-corrected chi connectivity index (χ1v) is 8.96. The lowest BCUT2D eigenvalue weighted by Gasteiger charge is -2.17. The Morgan fingerprint density at radius 3 is 2.58 bits per heavy atom. The van der Waals surface area contributed by atoms with Gasteiger partial charge in [0.2, 0.25) is 0 Å². The van der Waals surface area contributed by atoms with Crippen LogP contribution < -0.4 is 11.0 Å². The van der Waals surface area contributed by atoms with E-state index in [4.69, 9.17) is 5.26 Å². The standard InChI is InChI=1S/C19H16N4O2S/c1-3-16-19(25)23(22-15-6-4-13(10-20)5-7-15)18(12(2)24)17(21-16)14-8-9-26-11-14/h4-9,11,22H,3H2,1-2H3. The fraction of sp³-hybridized carbons (Fsp3) is 0.158. The molecular weight excluding hydrogens is 348 g/mol. The Hall–Kier alpha value is -3.24. The number of benzene rings is 1. The molecule has 3 rings (SSSR count). The summed E-state index contributed by atoms with van der Waals surface area (Å²) in [6, 6.07) is 10.6. The lowest BCUT2D eigenvalue weighted by Crippen LogP contribution is -2.35. The molecule has 0 saturated heterocycles. The minimum atomic E-state index is -0.360. The third-order valence-electron chi connectivity index (χ3n) is 3.86. The number of anilines is 1. The highest BCUT2D eigenvalue weighted by Gasteiger charge is 2.21. The summed E-state index contributed by atoms with van der Waals surface area (Å²) in [6.07, 6.45) is 0.448. The molecule has 0 aliphatic rings.